The lowest BCUT2D eigenvalue weighted by molar-refractivity contribution is -0.274. The van der Waals surface area contributed by atoms with Crippen LogP contribution in [0.5, 0.6) is 5.75 Å². The molecule has 0 saturated carbocycles. The Morgan fingerprint density at radius 3 is 2.70 bits per heavy atom. The smallest absolute Gasteiger partial charge is 0.406 e. The molecule has 1 unspecified atom stereocenters. The Labute approximate surface area is 126 Å². The zero-order valence-corrected chi connectivity index (χ0v) is 12.4. The highest BCUT2D eigenvalue weighted by Gasteiger charge is 2.33. The SMILES string of the molecule is O=C1CC(CCl)CN1c1cc(OC(F)(F)F)ccc1Br. The number of nitrogens with zero attached hydrogens (tertiary/aromatic N) is 1. The lowest BCUT2D eigenvalue weighted by Gasteiger charge is -2.19. The highest BCUT2D eigenvalue weighted by molar-refractivity contribution is 9.10. The summed E-state index contributed by atoms with van der Waals surface area (Å²) in [5, 5.41) is 0. The maximum atomic E-state index is 12.2. The van der Waals surface area contributed by atoms with E-state index in [0.717, 1.165) is 0 Å². The molecule has 0 aromatic heterocycles. The maximum Gasteiger partial charge on any atom is 0.573 e. The zero-order valence-electron chi connectivity index (χ0n) is 10.1. The predicted octanol–water partition coefficient (Wildman–Crippen LogP) is 3.94. The molecule has 20 heavy (non-hydrogen) atoms. The second-order valence-electron chi connectivity index (χ2n) is 4.39. The van der Waals surface area contributed by atoms with Gasteiger partial charge in [-0.25, -0.2) is 0 Å². The van der Waals surface area contributed by atoms with E-state index in [1.54, 1.807) is 0 Å². The number of carbonyl (C=O) groups excluding carboxylic acids is 1. The fourth-order valence-electron chi connectivity index (χ4n) is 2.01. The van der Waals surface area contributed by atoms with Gasteiger partial charge >= 0.3 is 6.36 Å². The normalized spacial score (nSPS) is 19.6. The van der Waals surface area contributed by atoms with Crippen LogP contribution in [0.1, 0.15) is 6.42 Å². The van der Waals surface area contributed by atoms with Crippen LogP contribution in [0.25, 0.3) is 0 Å². The average Bonchev–Trinajstić information content (AvgIpc) is 2.71. The molecule has 8 heteroatoms. The summed E-state index contributed by atoms with van der Waals surface area (Å²) >= 11 is 8.95. The van der Waals surface area contributed by atoms with Crippen LogP contribution in [-0.2, 0) is 4.79 Å². The molecule has 0 aliphatic carbocycles. The van der Waals surface area contributed by atoms with Crippen LogP contribution in [0.3, 0.4) is 0 Å². The molecule has 1 atom stereocenters. The number of benzene rings is 1. The van der Waals surface area contributed by atoms with Gasteiger partial charge in [0.15, 0.2) is 0 Å². The molecule has 1 aromatic carbocycles. The Morgan fingerprint density at radius 2 is 2.15 bits per heavy atom. The molecule has 1 fully saturated rings. The van der Waals surface area contributed by atoms with Gasteiger partial charge in [0.05, 0.1) is 5.69 Å². The van der Waals surface area contributed by atoms with Gasteiger partial charge in [-0.2, -0.15) is 0 Å². The van der Waals surface area contributed by atoms with E-state index in [9.17, 15) is 18.0 Å². The van der Waals surface area contributed by atoms with E-state index >= 15 is 0 Å². The summed E-state index contributed by atoms with van der Waals surface area (Å²) in [6, 6.07) is 3.78. The number of rotatable bonds is 3. The van der Waals surface area contributed by atoms with E-state index in [2.05, 4.69) is 20.7 Å². The minimum Gasteiger partial charge on any atom is -0.406 e. The number of hydrogen-bond acceptors (Lipinski definition) is 2. The summed E-state index contributed by atoms with van der Waals surface area (Å²) in [6.07, 6.45) is -4.47. The van der Waals surface area contributed by atoms with Crippen LogP contribution < -0.4 is 9.64 Å². The quantitative estimate of drug-likeness (QED) is 0.752. The first-order valence-corrected chi connectivity index (χ1v) is 7.04. The summed E-state index contributed by atoms with van der Waals surface area (Å²) in [4.78, 5) is 13.3. The topological polar surface area (TPSA) is 29.5 Å². The first-order chi connectivity index (χ1) is 9.30. The summed E-state index contributed by atoms with van der Waals surface area (Å²) in [5.41, 5.74) is 0.351. The van der Waals surface area contributed by atoms with Gasteiger partial charge in [0, 0.05) is 29.4 Å². The minimum atomic E-state index is -4.77. The molecule has 0 radical (unpaired) electrons. The van der Waals surface area contributed by atoms with Crippen molar-refractivity contribution < 1.29 is 22.7 Å². The number of hydrogen-bond donors (Lipinski definition) is 0. The molecule has 0 N–H and O–H groups in total. The molecule has 110 valence electrons. The van der Waals surface area contributed by atoms with E-state index in [1.165, 1.54) is 23.1 Å². The molecule has 1 saturated heterocycles. The predicted molar refractivity (Wildman–Crippen MR) is 72.0 cm³/mol. The Balaban J connectivity index is 2.27. The third-order valence-corrected chi connectivity index (χ3v) is 3.97. The number of alkyl halides is 4. The Kier molecular flexibility index (Phi) is 4.49. The van der Waals surface area contributed by atoms with Gasteiger partial charge in [-0.3, -0.25) is 4.79 Å². The van der Waals surface area contributed by atoms with E-state index in [4.69, 9.17) is 11.6 Å². The molecule has 1 amide bonds. The van der Waals surface area contributed by atoms with Crippen molar-refractivity contribution in [2.75, 3.05) is 17.3 Å². The number of carbonyl (C=O) groups is 1. The van der Waals surface area contributed by atoms with Crippen molar-refractivity contribution in [2.45, 2.75) is 12.8 Å². The van der Waals surface area contributed by atoms with E-state index in [-0.39, 0.29) is 17.6 Å². The van der Waals surface area contributed by atoms with Crippen molar-refractivity contribution in [2.24, 2.45) is 5.92 Å². The molecule has 1 aromatic rings. The van der Waals surface area contributed by atoms with Gasteiger partial charge < -0.3 is 9.64 Å². The fourth-order valence-corrected chi connectivity index (χ4v) is 2.68. The Hall–Kier alpha value is -0.950. The molecular weight excluding hydrogens is 362 g/mol. The molecule has 1 aliphatic rings. The summed E-state index contributed by atoms with van der Waals surface area (Å²) in [5.74, 6) is -0.194. The molecule has 1 heterocycles. The van der Waals surface area contributed by atoms with Crippen LogP contribution >= 0.6 is 27.5 Å². The number of ether oxygens (including phenoxy) is 1. The fraction of sp³-hybridized carbons (Fsp3) is 0.417. The van der Waals surface area contributed by atoms with Gasteiger partial charge in [0.25, 0.3) is 0 Å². The van der Waals surface area contributed by atoms with Gasteiger partial charge in [-0.15, -0.1) is 24.8 Å². The van der Waals surface area contributed by atoms with Crippen molar-refractivity contribution in [1.82, 2.24) is 0 Å². The van der Waals surface area contributed by atoms with Crippen molar-refractivity contribution in [3.8, 4) is 5.75 Å². The standard InChI is InChI=1S/C12H10BrClF3NO2/c13-9-2-1-8(20-12(15,16)17)4-10(9)18-6-7(5-14)3-11(18)19/h1-2,4,7H,3,5-6H2. The third kappa shape index (κ3) is 3.58. The molecular formula is C12H10BrClF3NO2. The van der Waals surface area contributed by atoms with E-state index in [1.807, 2.05) is 0 Å². The Morgan fingerprint density at radius 1 is 1.45 bits per heavy atom. The highest BCUT2D eigenvalue weighted by Crippen LogP contribution is 2.36. The Bertz CT molecular complexity index is 524. The second kappa shape index (κ2) is 5.81. The van der Waals surface area contributed by atoms with Crippen LogP contribution in [0.15, 0.2) is 22.7 Å². The summed E-state index contributed by atoms with van der Waals surface area (Å²) in [7, 11) is 0. The number of amides is 1. The van der Waals surface area contributed by atoms with Gasteiger partial charge in [0.1, 0.15) is 5.75 Å². The molecule has 1 aliphatic heterocycles. The second-order valence-corrected chi connectivity index (χ2v) is 5.55. The lowest BCUT2D eigenvalue weighted by atomic mass is 10.1. The summed E-state index contributed by atoms with van der Waals surface area (Å²) in [6.45, 7) is 0.385. The summed E-state index contributed by atoms with van der Waals surface area (Å²) < 4.78 is 41.0. The maximum absolute atomic E-state index is 12.2. The van der Waals surface area contributed by atoms with E-state index < -0.39 is 6.36 Å². The van der Waals surface area contributed by atoms with Crippen LogP contribution in [0.4, 0.5) is 18.9 Å². The van der Waals surface area contributed by atoms with Crippen LogP contribution in [-0.4, -0.2) is 24.7 Å². The minimum absolute atomic E-state index is 0.00302. The van der Waals surface area contributed by atoms with Crippen molar-refractivity contribution in [3.05, 3.63) is 22.7 Å². The van der Waals surface area contributed by atoms with Gasteiger partial charge in [-0.05, 0) is 34.0 Å². The largest absolute Gasteiger partial charge is 0.573 e. The third-order valence-electron chi connectivity index (χ3n) is 2.87. The molecule has 3 nitrogen and oxygen atoms in total. The van der Waals surface area contributed by atoms with E-state index in [0.29, 0.717) is 29.0 Å². The van der Waals surface area contributed by atoms with Crippen LogP contribution in [0.2, 0.25) is 0 Å². The monoisotopic (exact) mass is 371 g/mol. The molecule has 0 bridgehead atoms. The van der Waals surface area contributed by atoms with Crippen molar-refractivity contribution >= 4 is 39.1 Å². The number of anilines is 1. The first-order valence-electron chi connectivity index (χ1n) is 5.72. The van der Waals surface area contributed by atoms with Crippen LogP contribution in [0, 0.1) is 5.92 Å². The average molecular weight is 373 g/mol. The highest BCUT2D eigenvalue weighted by atomic mass is 79.9. The number of halogens is 5. The first kappa shape index (κ1) is 15.4. The lowest BCUT2D eigenvalue weighted by Crippen LogP contribution is -2.25. The molecule has 2 rings (SSSR count). The van der Waals surface area contributed by atoms with Gasteiger partial charge in [-0.1, -0.05) is 0 Å². The van der Waals surface area contributed by atoms with Gasteiger partial charge in [0.2, 0.25) is 5.91 Å². The van der Waals surface area contributed by atoms with Crippen molar-refractivity contribution in [1.29, 1.82) is 0 Å². The molecule has 0 spiro atoms. The zero-order chi connectivity index (χ0) is 14.9. The van der Waals surface area contributed by atoms with Crippen molar-refractivity contribution in [3.63, 3.8) is 0 Å².